The van der Waals surface area contributed by atoms with Gasteiger partial charge in [0, 0.05) is 6.20 Å². The summed E-state index contributed by atoms with van der Waals surface area (Å²) in [6.07, 6.45) is 4.00. The fourth-order valence-corrected chi connectivity index (χ4v) is 1.50. The standard InChI is InChI=1S/C10H16N2/c1-3-8(4-2)9-6-5-7-12-10(9)11/h5-8H,3-4H2,1-2H3,(H2,11,12). The zero-order valence-corrected chi connectivity index (χ0v) is 7.75. The highest BCUT2D eigenvalue weighted by Gasteiger charge is 2.09. The minimum Gasteiger partial charge on any atom is -0.383 e. The summed E-state index contributed by atoms with van der Waals surface area (Å²) < 4.78 is 0. The fourth-order valence-electron chi connectivity index (χ4n) is 1.50. The molecule has 1 aromatic heterocycles. The average Bonchev–Trinajstić information content (AvgIpc) is 2.10. The second kappa shape index (κ2) is 4.10. The molecule has 0 saturated carbocycles. The summed E-state index contributed by atoms with van der Waals surface area (Å²) in [4.78, 5) is 4.07. The Morgan fingerprint density at radius 3 is 2.58 bits per heavy atom. The van der Waals surface area contributed by atoms with Gasteiger partial charge in [0.2, 0.25) is 0 Å². The molecule has 12 heavy (non-hydrogen) atoms. The van der Waals surface area contributed by atoms with Crippen LogP contribution in [0, 0.1) is 0 Å². The van der Waals surface area contributed by atoms with Crippen LogP contribution in [0.3, 0.4) is 0 Å². The Morgan fingerprint density at radius 2 is 2.08 bits per heavy atom. The van der Waals surface area contributed by atoms with Crippen molar-refractivity contribution < 1.29 is 0 Å². The summed E-state index contributed by atoms with van der Waals surface area (Å²) in [6.45, 7) is 4.36. The molecule has 0 aliphatic carbocycles. The van der Waals surface area contributed by atoms with Crippen molar-refractivity contribution in [1.29, 1.82) is 0 Å². The highest BCUT2D eigenvalue weighted by atomic mass is 14.8. The van der Waals surface area contributed by atoms with E-state index in [1.165, 1.54) is 5.56 Å². The maximum Gasteiger partial charge on any atom is 0.126 e. The lowest BCUT2D eigenvalue weighted by Crippen LogP contribution is -2.02. The van der Waals surface area contributed by atoms with Gasteiger partial charge in [0.15, 0.2) is 0 Å². The van der Waals surface area contributed by atoms with Crippen molar-refractivity contribution in [3.8, 4) is 0 Å². The first-order valence-corrected chi connectivity index (χ1v) is 4.50. The van der Waals surface area contributed by atoms with E-state index in [1.807, 2.05) is 6.07 Å². The van der Waals surface area contributed by atoms with Gasteiger partial charge in [-0.1, -0.05) is 19.9 Å². The summed E-state index contributed by atoms with van der Waals surface area (Å²) in [5, 5.41) is 0. The Balaban J connectivity index is 2.92. The van der Waals surface area contributed by atoms with E-state index in [4.69, 9.17) is 5.73 Å². The molecule has 0 bridgehead atoms. The smallest absolute Gasteiger partial charge is 0.126 e. The molecule has 0 spiro atoms. The highest BCUT2D eigenvalue weighted by molar-refractivity contribution is 5.40. The van der Waals surface area contributed by atoms with E-state index in [0.717, 1.165) is 12.8 Å². The van der Waals surface area contributed by atoms with E-state index in [-0.39, 0.29) is 0 Å². The van der Waals surface area contributed by atoms with Gasteiger partial charge in [0.1, 0.15) is 5.82 Å². The molecule has 1 rings (SSSR count). The lowest BCUT2D eigenvalue weighted by atomic mass is 9.95. The quantitative estimate of drug-likeness (QED) is 0.745. The minimum atomic E-state index is 0.568. The van der Waals surface area contributed by atoms with Gasteiger partial charge in [-0.2, -0.15) is 0 Å². The van der Waals surface area contributed by atoms with Crippen LogP contribution in [0.4, 0.5) is 5.82 Å². The third-order valence-electron chi connectivity index (χ3n) is 2.30. The normalized spacial score (nSPS) is 10.6. The number of aromatic nitrogens is 1. The summed E-state index contributed by atoms with van der Waals surface area (Å²) in [5.41, 5.74) is 6.96. The predicted octanol–water partition coefficient (Wildman–Crippen LogP) is 2.57. The van der Waals surface area contributed by atoms with Crippen LogP contribution in [0.15, 0.2) is 18.3 Å². The molecule has 2 heteroatoms. The van der Waals surface area contributed by atoms with Crippen LogP contribution in [0.25, 0.3) is 0 Å². The predicted molar refractivity (Wildman–Crippen MR) is 52.0 cm³/mol. The third kappa shape index (κ3) is 1.76. The van der Waals surface area contributed by atoms with Gasteiger partial charge >= 0.3 is 0 Å². The molecular weight excluding hydrogens is 148 g/mol. The topological polar surface area (TPSA) is 38.9 Å². The average molecular weight is 164 g/mol. The maximum absolute atomic E-state index is 5.76. The van der Waals surface area contributed by atoms with Crippen molar-refractivity contribution in [1.82, 2.24) is 4.98 Å². The van der Waals surface area contributed by atoms with Crippen LogP contribution >= 0.6 is 0 Å². The Kier molecular flexibility index (Phi) is 3.09. The molecule has 0 amide bonds. The molecule has 0 aliphatic heterocycles. The number of nitrogens with two attached hydrogens (primary N) is 1. The molecule has 0 aliphatic rings. The zero-order valence-electron chi connectivity index (χ0n) is 7.75. The van der Waals surface area contributed by atoms with E-state index in [1.54, 1.807) is 6.20 Å². The largest absolute Gasteiger partial charge is 0.383 e. The van der Waals surface area contributed by atoms with Gasteiger partial charge < -0.3 is 5.73 Å². The number of nitrogen functional groups attached to an aromatic ring is 1. The second-order valence-electron chi connectivity index (χ2n) is 2.99. The van der Waals surface area contributed by atoms with Crippen molar-refractivity contribution in [3.05, 3.63) is 23.9 Å². The Hall–Kier alpha value is -1.05. The van der Waals surface area contributed by atoms with Crippen LogP contribution in [-0.2, 0) is 0 Å². The van der Waals surface area contributed by atoms with Crippen LogP contribution < -0.4 is 5.73 Å². The molecule has 1 heterocycles. The monoisotopic (exact) mass is 164 g/mol. The molecule has 2 nitrogen and oxygen atoms in total. The zero-order chi connectivity index (χ0) is 8.97. The molecular formula is C10H16N2. The molecule has 2 N–H and O–H groups in total. The number of hydrogen-bond donors (Lipinski definition) is 1. The molecule has 1 aromatic rings. The summed E-state index contributed by atoms with van der Waals surface area (Å²) >= 11 is 0. The fraction of sp³-hybridized carbons (Fsp3) is 0.500. The maximum atomic E-state index is 5.76. The Labute approximate surface area is 73.8 Å². The number of nitrogens with zero attached hydrogens (tertiary/aromatic N) is 1. The van der Waals surface area contributed by atoms with E-state index < -0.39 is 0 Å². The number of pyridine rings is 1. The van der Waals surface area contributed by atoms with Crippen molar-refractivity contribution in [2.45, 2.75) is 32.6 Å². The van der Waals surface area contributed by atoms with Crippen molar-refractivity contribution in [2.75, 3.05) is 5.73 Å². The lowest BCUT2D eigenvalue weighted by molar-refractivity contribution is 0.642. The van der Waals surface area contributed by atoms with Crippen molar-refractivity contribution in [2.24, 2.45) is 0 Å². The van der Waals surface area contributed by atoms with Crippen LogP contribution in [0.5, 0.6) is 0 Å². The second-order valence-corrected chi connectivity index (χ2v) is 2.99. The first-order chi connectivity index (χ1) is 5.79. The summed E-state index contributed by atoms with van der Waals surface area (Å²) in [5.74, 6) is 1.25. The third-order valence-corrected chi connectivity index (χ3v) is 2.30. The summed E-state index contributed by atoms with van der Waals surface area (Å²) in [6, 6.07) is 4.02. The van der Waals surface area contributed by atoms with Crippen molar-refractivity contribution >= 4 is 5.82 Å². The van der Waals surface area contributed by atoms with E-state index in [9.17, 15) is 0 Å². The lowest BCUT2D eigenvalue weighted by Gasteiger charge is -2.13. The van der Waals surface area contributed by atoms with E-state index in [0.29, 0.717) is 11.7 Å². The van der Waals surface area contributed by atoms with Gasteiger partial charge in [-0.3, -0.25) is 0 Å². The molecule has 0 unspecified atom stereocenters. The van der Waals surface area contributed by atoms with E-state index >= 15 is 0 Å². The first kappa shape index (κ1) is 9.04. The Morgan fingerprint density at radius 1 is 1.42 bits per heavy atom. The van der Waals surface area contributed by atoms with E-state index in [2.05, 4.69) is 24.9 Å². The van der Waals surface area contributed by atoms with Crippen LogP contribution in [0.1, 0.15) is 38.2 Å². The molecule has 0 saturated heterocycles. The number of hydrogen-bond acceptors (Lipinski definition) is 2. The minimum absolute atomic E-state index is 0.568. The molecule has 0 fully saturated rings. The molecule has 0 atom stereocenters. The number of rotatable bonds is 3. The summed E-state index contributed by atoms with van der Waals surface area (Å²) in [7, 11) is 0. The molecule has 66 valence electrons. The molecule has 0 aromatic carbocycles. The Bertz CT molecular complexity index is 241. The highest BCUT2D eigenvalue weighted by Crippen LogP contribution is 2.25. The van der Waals surface area contributed by atoms with Crippen molar-refractivity contribution in [3.63, 3.8) is 0 Å². The molecule has 0 radical (unpaired) electrons. The van der Waals surface area contributed by atoms with Gasteiger partial charge in [-0.15, -0.1) is 0 Å². The number of anilines is 1. The van der Waals surface area contributed by atoms with Crippen LogP contribution in [0.2, 0.25) is 0 Å². The SMILES string of the molecule is CCC(CC)c1cccnc1N. The first-order valence-electron chi connectivity index (χ1n) is 4.50. The van der Waals surface area contributed by atoms with Gasteiger partial charge in [-0.25, -0.2) is 4.98 Å². The van der Waals surface area contributed by atoms with Gasteiger partial charge in [-0.05, 0) is 30.4 Å². The van der Waals surface area contributed by atoms with Crippen LogP contribution in [-0.4, -0.2) is 4.98 Å². The van der Waals surface area contributed by atoms with Gasteiger partial charge in [0.25, 0.3) is 0 Å². The van der Waals surface area contributed by atoms with Gasteiger partial charge in [0.05, 0.1) is 0 Å².